The molecular formula is C10H15Cl2N3OS. The van der Waals surface area contributed by atoms with Crippen LogP contribution in [0.5, 0.6) is 0 Å². The van der Waals surface area contributed by atoms with Gasteiger partial charge in [-0.2, -0.15) is 0 Å². The quantitative estimate of drug-likeness (QED) is 0.924. The first-order valence-electron chi connectivity index (χ1n) is 5.37. The molecule has 1 aliphatic heterocycles. The van der Waals surface area contributed by atoms with Crippen LogP contribution in [0.15, 0.2) is 17.2 Å². The summed E-state index contributed by atoms with van der Waals surface area (Å²) in [4.78, 5) is 0. The minimum Gasteiger partial charge on any atom is -0.313 e. The summed E-state index contributed by atoms with van der Waals surface area (Å²) >= 11 is 5.62. The average Bonchev–Trinajstić information content (AvgIpc) is 2.31. The predicted molar refractivity (Wildman–Crippen MR) is 71.2 cm³/mol. The molecule has 2 unspecified atom stereocenters. The Morgan fingerprint density at radius 3 is 2.82 bits per heavy atom. The van der Waals surface area contributed by atoms with E-state index in [1.807, 2.05) is 0 Å². The van der Waals surface area contributed by atoms with Gasteiger partial charge in [0, 0.05) is 11.8 Å². The molecule has 17 heavy (non-hydrogen) atoms. The number of nitrogens with one attached hydrogen (secondary N) is 1. The van der Waals surface area contributed by atoms with Crippen molar-refractivity contribution in [2.45, 2.75) is 30.3 Å². The molecule has 0 bridgehead atoms. The maximum absolute atomic E-state index is 11.9. The zero-order valence-corrected chi connectivity index (χ0v) is 11.7. The molecular weight excluding hydrogens is 281 g/mol. The molecule has 1 saturated heterocycles. The van der Waals surface area contributed by atoms with Crippen LogP contribution in [-0.2, 0) is 10.8 Å². The molecule has 0 radical (unpaired) electrons. The summed E-state index contributed by atoms with van der Waals surface area (Å²) in [5, 5.41) is 11.7. The summed E-state index contributed by atoms with van der Waals surface area (Å²) in [5.74, 6) is 0.607. The van der Waals surface area contributed by atoms with Crippen LogP contribution in [0.3, 0.4) is 0 Å². The lowest BCUT2D eigenvalue weighted by Gasteiger charge is -2.22. The second-order valence-electron chi connectivity index (χ2n) is 3.85. The Kier molecular flexibility index (Phi) is 6.33. The third-order valence-corrected chi connectivity index (χ3v) is 4.20. The van der Waals surface area contributed by atoms with Gasteiger partial charge in [0.1, 0.15) is 5.03 Å². The molecule has 0 spiro atoms. The highest BCUT2D eigenvalue weighted by molar-refractivity contribution is 7.85. The summed E-state index contributed by atoms with van der Waals surface area (Å²) in [5.41, 5.74) is 0. The molecule has 2 rings (SSSR count). The number of hydrogen-bond donors (Lipinski definition) is 1. The van der Waals surface area contributed by atoms with E-state index in [1.54, 1.807) is 12.1 Å². The number of piperidine rings is 1. The summed E-state index contributed by atoms with van der Waals surface area (Å²) in [7, 11) is -1.08. The van der Waals surface area contributed by atoms with Gasteiger partial charge in [-0.3, -0.25) is 4.21 Å². The third-order valence-electron chi connectivity index (χ3n) is 2.61. The number of halogens is 2. The molecule has 0 saturated carbocycles. The van der Waals surface area contributed by atoms with Crippen LogP contribution in [0, 0.1) is 0 Å². The van der Waals surface area contributed by atoms with Gasteiger partial charge in [-0.15, -0.1) is 22.6 Å². The number of nitrogens with zero attached hydrogens (tertiary/aromatic N) is 2. The molecule has 96 valence electrons. The van der Waals surface area contributed by atoms with E-state index >= 15 is 0 Å². The Balaban J connectivity index is 0.00000144. The fourth-order valence-electron chi connectivity index (χ4n) is 1.76. The highest BCUT2D eigenvalue weighted by Crippen LogP contribution is 2.12. The Hall–Kier alpha value is -0.230. The Morgan fingerprint density at radius 2 is 2.24 bits per heavy atom. The molecule has 0 aliphatic carbocycles. The van der Waals surface area contributed by atoms with Crippen molar-refractivity contribution in [2.75, 3.05) is 12.3 Å². The molecule has 2 heterocycles. The Labute approximate surface area is 114 Å². The van der Waals surface area contributed by atoms with Gasteiger partial charge in [-0.05, 0) is 31.5 Å². The highest BCUT2D eigenvalue weighted by Gasteiger charge is 2.17. The van der Waals surface area contributed by atoms with E-state index in [4.69, 9.17) is 11.6 Å². The standard InChI is InChI=1S/C10H14ClN3OS.ClH/c11-9-4-5-10(14-13-9)16(15)7-8-3-1-2-6-12-8;/h4-5,8,12H,1-3,6-7H2;1H. The fourth-order valence-corrected chi connectivity index (χ4v) is 3.03. The molecule has 0 amide bonds. The van der Waals surface area contributed by atoms with Gasteiger partial charge in [-0.1, -0.05) is 18.0 Å². The third kappa shape index (κ3) is 4.50. The van der Waals surface area contributed by atoms with Crippen LogP contribution in [-0.4, -0.2) is 32.7 Å². The van der Waals surface area contributed by atoms with Gasteiger partial charge >= 0.3 is 0 Å². The van der Waals surface area contributed by atoms with E-state index in [9.17, 15) is 4.21 Å². The van der Waals surface area contributed by atoms with Crippen molar-refractivity contribution in [1.29, 1.82) is 0 Å². The molecule has 7 heteroatoms. The zero-order chi connectivity index (χ0) is 11.4. The molecule has 1 aliphatic rings. The van der Waals surface area contributed by atoms with Crippen LogP contribution < -0.4 is 5.32 Å². The van der Waals surface area contributed by atoms with Crippen molar-refractivity contribution >= 4 is 34.8 Å². The highest BCUT2D eigenvalue weighted by atomic mass is 35.5. The van der Waals surface area contributed by atoms with Crippen LogP contribution in [0.1, 0.15) is 19.3 Å². The van der Waals surface area contributed by atoms with Crippen molar-refractivity contribution in [3.63, 3.8) is 0 Å². The topological polar surface area (TPSA) is 54.9 Å². The van der Waals surface area contributed by atoms with Crippen LogP contribution in [0.25, 0.3) is 0 Å². The van der Waals surface area contributed by atoms with E-state index in [1.165, 1.54) is 12.8 Å². The van der Waals surface area contributed by atoms with Gasteiger partial charge in [0.15, 0.2) is 5.15 Å². The average molecular weight is 296 g/mol. The lowest BCUT2D eigenvalue weighted by molar-refractivity contribution is 0.427. The maximum Gasteiger partial charge on any atom is 0.151 e. The number of rotatable bonds is 3. The predicted octanol–water partition coefficient (Wildman–Crippen LogP) is 1.80. The van der Waals surface area contributed by atoms with Gasteiger partial charge in [-0.25, -0.2) is 0 Å². The molecule has 1 aromatic rings. The lowest BCUT2D eigenvalue weighted by atomic mass is 10.1. The minimum atomic E-state index is -1.08. The van der Waals surface area contributed by atoms with Gasteiger partial charge in [0.05, 0.1) is 10.8 Å². The molecule has 4 nitrogen and oxygen atoms in total. The second kappa shape index (κ2) is 7.26. The van der Waals surface area contributed by atoms with Crippen molar-refractivity contribution < 1.29 is 4.21 Å². The number of aromatic nitrogens is 2. The largest absolute Gasteiger partial charge is 0.313 e. The monoisotopic (exact) mass is 295 g/mol. The fraction of sp³-hybridized carbons (Fsp3) is 0.600. The van der Waals surface area contributed by atoms with Crippen LogP contribution >= 0.6 is 24.0 Å². The second-order valence-corrected chi connectivity index (χ2v) is 5.68. The SMILES string of the molecule is Cl.O=S(CC1CCCCN1)c1ccc(Cl)nn1. The van der Waals surface area contributed by atoms with E-state index in [2.05, 4.69) is 15.5 Å². The van der Waals surface area contributed by atoms with Crippen molar-refractivity contribution in [3.8, 4) is 0 Å². The first-order chi connectivity index (χ1) is 7.75. The molecule has 0 aromatic carbocycles. The Bertz CT molecular complexity index is 368. The summed E-state index contributed by atoms with van der Waals surface area (Å²) in [6.07, 6.45) is 3.51. The maximum atomic E-state index is 11.9. The Morgan fingerprint density at radius 1 is 1.41 bits per heavy atom. The van der Waals surface area contributed by atoms with E-state index in [0.717, 1.165) is 13.0 Å². The first-order valence-corrected chi connectivity index (χ1v) is 7.06. The van der Waals surface area contributed by atoms with Gasteiger partial charge in [0.25, 0.3) is 0 Å². The van der Waals surface area contributed by atoms with Crippen molar-refractivity contribution in [2.24, 2.45) is 0 Å². The first kappa shape index (κ1) is 14.8. The molecule has 1 fully saturated rings. The number of hydrogen-bond acceptors (Lipinski definition) is 4. The van der Waals surface area contributed by atoms with Crippen molar-refractivity contribution in [3.05, 3.63) is 17.3 Å². The zero-order valence-electron chi connectivity index (χ0n) is 9.26. The van der Waals surface area contributed by atoms with Gasteiger partial charge in [0.2, 0.25) is 0 Å². The summed E-state index contributed by atoms with van der Waals surface area (Å²) in [6, 6.07) is 3.64. The lowest BCUT2D eigenvalue weighted by Crippen LogP contribution is -2.38. The molecule has 1 N–H and O–H groups in total. The minimum absolute atomic E-state index is 0. The van der Waals surface area contributed by atoms with Crippen LogP contribution in [0.4, 0.5) is 0 Å². The summed E-state index contributed by atoms with van der Waals surface area (Å²) in [6.45, 7) is 1.02. The smallest absolute Gasteiger partial charge is 0.151 e. The van der Waals surface area contributed by atoms with E-state index in [0.29, 0.717) is 22.0 Å². The summed E-state index contributed by atoms with van der Waals surface area (Å²) < 4.78 is 11.9. The van der Waals surface area contributed by atoms with Crippen molar-refractivity contribution in [1.82, 2.24) is 15.5 Å². The van der Waals surface area contributed by atoms with E-state index in [-0.39, 0.29) is 12.4 Å². The normalized spacial score (nSPS) is 21.6. The molecule has 1 aromatic heterocycles. The van der Waals surface area contributed by atoms with E-state index < -0.39 is 10.8 Å². The van der Waals surface area contributed by atoms with Gasteiger partial charge < -0.3 is 5.32 Å². The van der Waals surface area contributed by atoms with Crippen LogP contribution in [0.2, 0.25) is 5.15 Å². The molecule has 2 atom stereocenters.